The third kappa shape index (κ3) is 4.01. The van der Waals surface area contributed by atoms with Gasteiger partial charge in [-0.1, -0.05) is 0 Å². The summed E-state index contributed by atoms with van der Waals surface area (Å²) in [5.74, 6) is 0.653. The summed E-state index contributed by atoms with van der Waals surface area (Å²) >= 11 is 0. The SMILES string of the molecule is COc1ccc(C(=O)NCc2ccnc(-c3ccncc3)c2)cc1C. The Kier molecular flexibility index (Phi) is 5.04. The van der Waals surface area contributed by atoms with E-state index in [1.54, 1.807) is 37.8 Å². The first-order chi connectivity index (χ1) is 12.2. The van der Waals surface area contributed by atoms with Gasteiger partial charge in [0, 0.05) is 36.3 Å². The highest BCUT2D eigenvalue weighted by Crippen LogP contribution is 2.19. The van der Waals surface area contributed by atoms with Crippen LogP contribution in [0, 0.1) is 6.92 Å². The van der Waals surface area contributed by atoms with Crippen molar-refractivity contribution in [2.45, 2.75) is 13.5 Å². The zero-order chi connectivity index (χ0) is 17.6. The Bertz CT molecular complexity index is 879. The number of methoxy groups -OCH3 is 1. The van der Waals surface area contributed by atoms with Gasteiger partial charge in [-0.15, -0.1) is 0 Å². The molecule has 1 aromatic carbocycles. The topological polar surface area (TPSA) is 64.1 Å². The molecule has 0 aliphatic carbocycles. The van der Waals surface area contributed by atoms with Crippen LogP contribution in [0.25, 0.3) is 11.3 Å². The number of pyridine rings is 2. The molecule has 0 saturated heterocycles. The fraction of sp³-hybridized carbons (Fsp3) is 0.150. The zero-order valence-electron chi connectivity index (χ0n) is 14.2. The molecule has 2 aromatic heterocycles. The van der Waals surface area contributed by atoms with Crippen molar-refractivity contribution in [1.29, 1.82) is 0 Å². The number of benzene rings is 1. The fourth-order valence-electron chi connectivity index (χ4n) is 2.57. The molecule has 5 nitrogen and oxygen atoms in total. The highest BCUT2D eigenvalue weighted by Gasteiger charge is 2.08. The van der Waals surface area contributed by atoms with Crippen LogP contribution in [0.2, 0.25) is 0 Å². The van der Waals surface area contributed by atoms with Crippen LogP contribution in [0.15, 0.2) is 61.1 Å². The molecule has 25 heavy (non-hydrogen) atoms. The largest absolute Gasteiger partial charge is 0.496 e. The average Bonchev–Trinajstić information content (AvgIpc) is 2.67. The summed E-state index contributed by atoms with van der Waals surface area (Å²) in [4.78, 5) is 20.7. The molecule has 0 atom stereocenters. The average molecular weight is 333 g/mol. The predicted molar refractivity (Wildman–Crippen MR) is 96.4 cm³/mol. The number of rotatable bonds is 5. The van der Waals surface area contributed by atoms with Gasteiger partial charge in [-0.2, -0.15) is 0 Å². The quantitative estimate of drug-likeness (QED) is 0.777. The molecule has 0 bridgehead atoms. The first-order valence-electron chi connectivity index (χ1n) is 7.95. The summed E-state index contributed by atoms with van der Waals surface area (Å²) in [7, 11) is 1.62. The Morgan fingerprint density at radius 3 is 2.60 bits per heavy atom. The van der Waals surface area contributed by atoms with E-state index in [9.17, 15) is 4.79 Å². The second-order valence-electron chi connectivity index (χ2n) is 5.65. The molecular weight excluding hydrogens is 314 g/mol. The number of nitrogens with one attached hydrogen (secondary N) is 1. The van der Waals surface area contributed by atoms with Crippen LogP contribution >= 0.6 is 0 Å². The van der Waals surface area contributed by atoms with E-state index < -0.39 is 0 Å². The van der Waals surface area contributed by atoms with Crippen molar-refractivity contribution in [1.82, 2.24) is 15.3 Å². The minimum Gasteiger partial charge on any atom is -0.496 e. The molecule has 5 heteroatoms. The first-order valence-corrected chi connectivity index (χ1v) is 7.95. The second kappa shape index (κ2) is 7.57. The van der Waals surface area contributed by atoms with E-state index in [0.717, 1.165) is 28.1 Å². The van der Waals surface area contributed by atoms with Gasteiger partial charge in [0.1, 0.15) is 5.75 Å². The van der Waals surface area contributed by atoms with E-state index in [4.69, 9.17) is 4.74 Å². The van der Waals surface area contributed by atoms with Gasteiger partial charge >= 0.3 is 0 Å². The molecule has 0 aliphatic heterocycles. The van der Waals surface area contributed by atoms with Crippen molar-refractivity contribution in [3.63, 3.8) is 0 Å². The standard InChI is InChI=1S/C20H19N3O2/c1-14-11-17(3-4-19(14)25-2)20(24)23-13-15-5-10-22-18(12-15)16-6-8-21-9-7-16/h3-12H,13H2,1-2H3,(H,23,24). The van der Waals surface area contributed by atoms with Gasteiger partial charge < -0.3 is 10.1 Å². The Balaban J connectivity index is 1.69. The van der Waals surface area contributed by atoms with Crippen LogP contribution in [-0.4, -0.2) is 23.0 Å². The normalized spacial score (nSPS) is 10.3. The van der Waals surface area contributed by atoms with E-state index in [2.05, 4.69) is 15.3 Å². The molecule has 1 N–H and O–H groups in total. The van der Waals surface area contributed by atoms with Crippen molar-refractivity contribution >= 4 is 5.91 Å². The first kappa shape index (κ1) is 16.6. The molecule has 0 unspecified atom stereocenters. The summed E-state index contributed by atoms with van der Waals surface area (Å²) in [6.07, 6.45) is 5.21. The summed E-state index contributed by atoms with van der Waals surface area (Å²) < 4.78 is 5.22. The van der Waals surface area contributed by atoms with Crippen molar-refractivity contribution in [3.8, 4) is 17.0 Å². The Hall–Kier alpha value is -3.21. The van der Waals surface area contributed by atoms with Crippen LogP contribution in [0.4, 0.5) is 0 Å². The van der Waals surface area contributed by atoms with Crippen molar-refractivity contribution in [2.24, 2.45) is 0 Å². The minimum atomic E-state index is -0.118. The summed E-state index contributed by atoms with van der Waals surface area (Å²) in [6, 6.07) is 13.1. The van der Waals surface area contributed by atoms with E-state index >= 15 is 0 Å². The number of ether oxygens (including phenoxy) is 1. The lowest BCUT2D eigenvalue weighted by Gasteiger charge is -2.09. The fourth-order valence-corrected chi connectivity index (χ4v) is 2.57. The lowest BCUT2D eigenvalue weighted by Crippen LogP contribution is -2.22. The Morgan fingerprint density at radius 1 is 1.08 bits per heavy atom. The van der Waals surface area contributed by atoms with Gasteiger partial charge in [0.05, 0.1) is 12.8 Å². The van der Waals surface area contributed by atoms with Gasteiger partial charge in [0.15, 0.2) is 0 Å². The minimum absolute atomic E-state index is 0.118. The number of nitrogens with zero attached hydrogens (tertiary/aromatic N) is 2. The lowest BCUT2D eigenvalue weighted by molar-refractivity contribution is 0.0951. The van der Waals surface area contributed by atoms with E-state index in [1.807, 2.05) is 37.3 Å². The maximum atomic E-state index is 12.3. The lowest BCUT2D eigenvalue weighted by atomic mass is 10.1. The molecule has 0 radical (unpaired) electrons. The molecule has 126 valence electrons. The number of aryl methyl sites for hydroxylation is 1. The zero-order valence-corrected chi connectivity index (χ0v) is 14.2. The maximum absolute atomic E-state index is 12.3. The molecular formula is C20H19N3O2. The van der Waals surface area contributed by atoms with E-state index in [0.29, 0.717) is 12.1 Å². The van der Waals surface area contributed by atoms with Gasteiger partial charge in [-0.3, -0.25) is 14.8 Å². The third-order valence-corrected chi connectivity index (χ3v) is 3.91. The smallest absolute Gasteiger partial charge is 0.251 e. The van der Waals surface area contributed by atoms with Gasteiger partial charge in [0.2, 0.25) is 0 Å². The Labute approximate surface area is 146 Å². The summed E-state index contributed by atoms with van der Waals surface area (Å²) in [6.45, 7) is 2.35. The maximum Gasteiger partial charge on any atom is 0.251 e. The molecule has 3 aromatic rings. The van der Waals surface area contributed by atoms with Crippen molar-refractivity contribution < 1.29 is 9.53 Å². The van der Waals surface area contributed by atoms with Gasteiger partial charge in [0.25, 0.3) is 5.91 Å². The number of aromatic nitrogens is 2. The number of carbonyl (C=O) groups excluding carboxylic acids is 1. The van der Waals surface area contributed by atoms with E-state index in [1.165, 1.54) is 0 Å². The van der Waals surface area contributed by atoms with Crippen LogP contribution in [0.5, 0.6) is 5.75 Å². The molecule has 2 heterocycles. The molecule has 0 saturated carbocycles. The molecule has 1 amide bonds. The Morgan fingerprint density at radius 2 is 1.88 bits per heavy atom. The van der Waals surface area contributed by atoms with Crippen LogP contribution in [0.1, 0.15) is 21.5 Å². The second-order valence-corrected chi connectivity index (χ2v) is 5.65. The van der Waals surface area contributed by atoms with Crippen molar-refractivity contribution in [3.05, 3.63) is 77.7 Å². The number of carbonyl (C=O) groups is 1. The van der Waals surface area contributed by atoms with Gasteiger partial charge in [-0.25, -0.2) is 0 Å². The monoisotopic (exact) mass is 333 g/mol. The third-order valence-electron chi connectivity index (χ3n) is 3.91. The van der Waals surface area contributed by atoms with Crippen LogP contribution in [0.3, 0.4) is 0 Å². The summed E-state index contributed by atoms with van der Waals surface area (Å²) in [5, 5.41) is 2.94. The highest BCUT2D eigenvalue weighted by atomic mass is 16.5. The van der Waals surface area contributed by atoms with Gasteiger partial charge in [-0.05, 0) is 60.5 Å². The van der Waals surface area contributed by atoms with Crippen LogP contribution in [-0.2, 0) is 6.54 Å². The number of hydrogen-bond acceptors (Lipinski definition) is 4. The predicted octanol–water partition coefficient (Wildman–Crippen LogP) is 3.39. The number of amides is 1. The molecule has 3 rings (SSSR count). The summed E-state index contributed by atoms with van der Waals surface area (Å²) in [5.41, 5.74) is 4.38. The van der Waals surface area contributed by atoms with E-state index in [-0.39, 0.29) is 5.91 Å². The molecule has 0 fully saturated rings. The van der Waals surface area contributed by atoms with Crippen molar-refractivity contribution in [2.75, 3.05) is 7.11 Å². The highest BCUT2D eigenvalue weighted by molar-refractivity contribution is 5.94. The molecule has 0 spiro atoms. The number of hydrogen-bond donors (Lipinski definition) is 1. The van der Waals surface area contributed by atoms with Crippen LogP contribution < -0.4 is 10.1 Å². The molecule has 0 aliphatic rings.